The van der Waals surface area contributed by atoms with Crippen LogP contribution in [0.5, 0.6) is 5.75 Å². The van der Waals surface area contributed by atoms with E-state index in [1.807, 2.05) is 49.1 Å². The quantitative estimate of drug-likeness (QED) is 0.867. The number of ether oxygens (including phenoxy) is 2. The van der Waals surface area contributed by atoms with E-state index >= 15 is 0 Å². The maximum Gasteiger partial charge on any atom is 0.124 e. The smallest absolute Gasteiger partial charge is 0.124 e. The minimum Gasteiger partial charge on any atom is -0.496 e. The molecule has 0 saturated carbocycles. The Hall–Kier alpha value is -1.89. The van der Waals surface area contributed by atoms with E-state index in [2.05, 4.69) is 10.00 Å². The summed E-state index contributed by atoms with van der Waals surface area (Å²) in [4.78, 5) is 2.25. The van der Waals surface area contributed by atoms with Crippen molar-refractivity contribution in [3.05, 3.63) is 47.3 Å². The van der Waals surface area contributed by atoms with Gasteiger partial charge in [-0.05, 0) is 31.5 Å². The Kier molecular flexibility index (Phi) is 5.73. The van der Waals surface area contributed by atoms with Crippen LogP contribution in [0.15, 0.2) is 30.6 Å². The molecule has 1 aliphatic rings. The molecule has 2 atom stereocenters. The van der Waals surface area contributed by atoms with Gasteiger partial charge >= 0.3 is 0 Å². The average Bonchev–Trinajstić information content (AvgIpc) is 3.00. The van der Waals surface area contributed by atoms with Crippen molar-refractivity contribution in [1.82, 2.24) is 14.7 Å². The second-order valence-corrected chi connectivity index (χ2v) is 6.75. The van der Waals surface area contributed by atoms with Crippen LogP contribution >= 0.6 is 0 Å². The van der Waals surface area contributed by atoms with Gasteiger partial charge in [-0.25, -0.2) is 0 Å². The average molecular weight is 345 g/mol. The molecule has 0 radical (unpaired) electrons. The van der Waals surface area contributed by atoms with E-state index in [0.29, 0.717) is 13.2 Å². The lowest BCUT2D eigenvalue weighted by Crippen LogP contribution is -2.45. The fraction of sp³-hybridized carbons (Fsp3) is 0.526. The Morgan fingerprint density at radius 1 is 1.36 bits per heavy atom. The summed E-state index contributed by atoms with van der Waals surface area (Å²) >= 11 is 0. The van der Waals surface area contributed by atoms with E-state index in [1.54, 1.807) is 7.11 Å². The number of aliphatic hydroxyl groups excluding tert-OH is 1. The van der Waals surface area contributed by atoms with E-state index < -0.39 is 6.10 Å². The van der Waals surface area contributed by atoms with Crippen LogP contribution in [-0.4, -0.2) is 59.2 Å². The molecule has 1 aliphatic heterocycles. The standard InChI is InChI=1S/C19H27N3O3/c1-14-4-5-19(24-3)17(8-14)18(23)13-21-6-7-25-16(11-21)12-22-10-15(2)9-20-22/h4-5,8-10,16,18,23H,6-7,11-13H2,1-3H3/t16-,18+/m1/s1. The summed E-state index contributed by atoms with van der Waals surface area (Å²) in [5.74, 6) is 0.731. The molecule has 25 heavy (non-hydrogen) atoms. The summed E-state index contributed by atoms with van der Waals surface area (Å²) < 4.78 is 13.2. The van der Waals surface area contributed by atoms with Crippen LogP contribution in [0.4, 0.5) is 0 Å². The maximum atomic E-state index is 10.7. The largest absolute Gasteiger partial charge is 0.496 e. The zero-order valence-electron chi connectivity index (χ0n) is 15.2. The highest BCUT2D eigenvalue weighted by Gasteiger charge is 2.24. The normalized spacial score (nSPS) is 19.8. The third-order valence-electron chi connectivity index (χ3n) is 4.55. The maximum absolute atomic E-state index is 10.7. The highest BCUT2D eigenvalue weighted by Crippen LogP contribution is 2.27. The number of hydrogen-bond donors (Lipinski definition) is 1. The first kappa shape index (κ1) is 17.9. The first-order chi connectivity index (χ1) is 12.0. The molecule has 6 nitrogen and oxygen atoms in total. The summed E-state index contributed by atoms with van der Waals surface area (Å²) in [6, 6.07) is 5.90. The van der Waals surface area contributed by atoms with Crippen molar-refractivity contribution in [3.63, 3.8) is 0 Å². The molecular formula is C19H27N3O3. The van der Waals surface area contributed by atoms with Crippen molar-refractivity contribution in [2.24, 2.45) is 0 Å². The van der Waals surface area contributed by atoms with Crippen LogP contribution in [-0.2, 0) is 11.3 Å². The second kappa shape index (κ2) is 7.99. The minimum absolute atomic E-state index is 0.0830. The monoisotopic (exact) mass is 345 g/mol. The topological polar surface area (TPSA) is 59.8 Å². The van der Waals surface area contributed by atoms with Crippen molar-refractivity contribution in [2.45, 2.75) is 32.6 Å². The van der Waals surface area contributed by atoms with E-state index in [1.165, 1.54) is 0 Å². The Balaban J connectivity index is 1.61. The van der Waals surface area contributed by atoms with Gasteiger partial charge in [0.2, 0.25) is 0 Å². The van der Waals surface area contributed by atoms with Crippen LogP contribution in [0, 0.1) is 13.8 Å². The van der Waals surface area contributed by atoms with Crippen LogP contribution in [0.1, 0.15) is 22.8 Å². The number of hydrogen-bond acceptors (Lipinski definition) is 5. The van der Waals surface area contributed by atoms with Gasteiger partial charge in [-0.1, -0.05) is 11.6 Å². The van der Waals surface area contributed by atoms with Gasteiger partial charge in [0.05, 0.1) is 38.7 Å². The van der Waals surface area contributed by atoms with Crippen molar-refractivity contribution in [2.75, 3.05) is 33.4 Å². The van der Waals surface area contributed by atoms with E-state index in [4.69, 9.17) is 9.47 Å². The Morgan fingerprint density at radius 3 is 2.92 bits per heavy atom. The summed E-state index contributed by atoms with van der Waals surface area (Å²) in [5.41, 5.74) is 3.10. The number of β-amino-alcohol motifs (C(OH)–C–C–N with tert-alkyl or cyclic N) is 1. The lowest BCUT2D eigenvalue weighted by molar-refractivity contribution is -0.0487. The first-order valence-electron chi connectivity index (χ1n) is 8.71. The van der Waals surface area contributed by atoms with E-state index in [-0.39, 0.29) is 6.10 Å². The molecule has 136 valence electrons. The Morgan fingerprint density at radius 2 is 2.20 bits per heavy atom. The number of aromatic nitrogens is 2. The van der Waals surface area contributed by atoms with Gasteiger partial charge in [-0.15, -0.1) is 0 Å². The zero-order chi connectivity index (χ0) is 17.8. The summed E-state index contributed by atoms with van der Waals surface area (Å²) in [6.45, 7) is 7.62. The zero-order valence-corrected chi connectivity index (χ0v) is 15.2. The molecule has 1 fully saturated rings. The summed E-state index contributed by atoms with van der Waals surface area (Å²) in [6.07, 6.45) is 3.38. The second-order valence-electron chi connectivity index (χ2n) is 6.75. The number of morpholine rings is 1. The molecule has 1 N–H and O–H groups in total. The molecule has 6 heteroatoms. The number of rotatable bonds is 6. The minimum atomic E-state index is -0.583. The SMILES string of the molecule is COc1ccc(C)cc1[C@@H](O)CN1CCO[C@@H](Cn2cc(C)cn2)C1. The molecule has 1 aromatic heterocycles. The van der Waals surface area contributed by atoms with Crippen molar-refractivity contribution < 1.29 is 14.6 Å². The van der Waals surface area contributed by atoms with Crippen LogP contribution in [0.3, 0.4) is 0 Å². The van der Waals surface area contributed by atoms with E-state index in [0.717, 1.165) is 42.1 Å². The van der Waals surface area contributed by atoms with Gasteiger partial charge in [0, 0.05) is 31.4 Å². The third-order valence-corrected chi connectivity index (χ3v) is 4.55. The molecule has 0 bridgehead atoms. The summed E-state index contributed by atoms with van der Waals surface area (Å²) in [5, 5.41) is 15.0. The number of nitrogens with zero attached hydrogens (tertiary/aromatic N) is 3. The molecule has 2 heterocycles. The molecular weight excluding hydrogens is 318 g/mol. The fourth-order valence-corrected chi connectivity index (χ4v) is 3.29. The first-order valence-corrected chi connectivity index (χ1v) is 8.71. The number of aliphatic hydroxyl groups is 1. The number of benzene rings is 1. The van der Waals surface area contributed by atoms with Crippen LogP contribution in [0.25, 0.3) is 0 Å². The van der Waals surface area contributed by atoms with Crippen LogP contribution in [0.2, 0.25) is 0 Å². The Labute approximate surface area is 149 Å². The molecule has 3 rings (SSSR count). The fourth-order valence-electron chi connectivity index (χ4n) is 3.29. The highest BCUT2D eigenvalue weighted by atomic mass is 16.5. The lowest BCUT2D eigenvalue weighted by Gasteiger charge is -2.34. The van der Waals surface area contributed by atoms with Crippen LogP contribution < -0.4 is 4.74 Å². The van der Waals surface area contributed by atoms with Gasteiger partial charge in [-0.2, -0.15) is 5.10 Å². The molecule has 1 aromatic carbocycles. The molecule has 2 aromatic rings. The van der Waals surface area contributed by atoms with Gasteiger partial charge in [0.1, 0.15) is 5.75 Å². The van der Waals surface area contributed by atoms with Gasteiger partial charge in [-0.3, -0.25) is 9.58 Å². The molecule has 0 amide bonds. The Bertz CT molecular complexity index is 701. The number of aryl methyl sites for hydroxylation is 2. The lowest BCUT2D eigenvalue weighted by atomic mass is 10.0. The van der Waals surface area contributed by atoms with Gasteiger partial charge in [0.15, 0.2) is 0 Å². The predicted molar refractivity (Wildman–Crippen MR) is 95.8 cm³/mol. The highest BCUT2D eigenvalue weighted by molar-refractivity contribution is 5.38. The van der Waals surface area contributed by atoms with Gasteiger partial charge < -0.3 is 14.6 Å². The van der Waals surface area contributed by atoms with Crippen molar-refractivity contribution in [3.8, 4) is 5.75 Å². The summed E-state index contributed by atoms with van der Waals surface area (Å²) in [7, 11) is 1.64. The molecule has 0 aliphatic carbocycles. The molecule has 1 saturated heterocycles. The third kappa shape index (κ3) is 4.60. The predicted octanol–water partition coefficient (Wildman–Crippen LogP) is 1.94. The van der Waals surface area contributed by atoms with E-state index in [9.17, 15) is 5.11 Å². The van der Waals surface area contributed by atoms with Gasteiger partial charge in [0.25, 0.3) is 0 Å². The van der Waals surface area contributed by atoms with Crippen molar-refractivity contribution in [1.29, 1.82) is 0 Å². The van der Waals surface area contributed by atoms with Crippen molar-refractivity contribution >= 4 is 0 Å². The number of methoxy groups -OCH3 is 1. The molecule has 0 unspecified atom stereocenters. The molecule has 0 spiro atoms.